The first-order valence-corrected chi connectivity index (χ1v) is 5.35. The van der Waals surface area contributed by atoms with Gasteiger partial charge in [0, 0.05) is 10.9 Å². The summed E-state index contributed by atoms with van der Waals surface area (Å²) in [6.07, 6.45) is 0.344. The van der Waals surface area contributed by atoms with E-state index in [1.165, 1.54) is 0 Å². The highest BCUT2D eigenvalue weighted by atomic mass is 79.9. The number of carbonyl (C=O) groups is 1. The molecule has 1 nitrogen and oxygen atoms in total. The average Bonchev–Trinajstić information content (AvgIpc) is 2.11. The van der Waals surface area contributed by atoms with Crippen LogP contribution in [0.25, 0.3) is 0 Å². The summed E-state index contributed by atoms with van der Waals surface area (Å²) in [5.74, 6) is 0.0493. The molecule has 70 valence electrons. The minimum absolute atomic E-state index is 0.0000517. The van der Waals surface area contributed by atoms with Crippen LogP contribution in [-0.4, -0.2) is 11.7 Å². The van der Waals surface area contributed by atoms with Crippen molar-refractivity contribution >= 4 is 44.9 Å². The molecule has 0 saturated carbocycles. The molecule has 0 aliphatic rings. The molecule has 0 spiro atoms. The topological polar surface area (TPSA) is 17.1 Å². The first-order chi connectivity index (χ1) is 6.13. The summed E-state index contributed by atoms with van der Waals surface area (Å²) in [4.78, 5) is 11.0. The van der Waals surface area contributed by atoms with Crippen molar-refractivity contribution in [2.45, 2.75) is 6.42 Å². The standard InChI is InChI=1S/C9H7BrCl2O/c10-8-2-1-6(4-9(8)12)3-7(13)5-11/h1-2,4H,3,5H2. The Bertz CT molecular complexity index is 325. The second-order valence-electron chi connectivity index (χ2n) is 2.60. The fraction of sp³-hybridized carbons (Fsp3) is 0.222. The molecule has 0 saturated heterocycles. The molecular formula is C9H7BrCl2O. The summed E-state index contributed by atoms with van der Waals surface area (Å²) in [5.41, 5.74) is 0.888. The molecule has 0 aliphatic heterocycles. The molecule has 4 heteroatoms. The van der Waals surface area contributed by atoms with Crippen LogP contribution in [-0.2, 0) is 11.2 Å². The molecule has 1 rings (SSSR count). The van der Waals surface area contributed by atoms with Crippen LogP contribution in [0.5, 0.6) is 0 Å². The van der Waals surface area contributed by atoms with Gasteiger partial charge in [-0.25, -0.2) is 0 Å². The van der Waals surface area contributed by atoms with Gasteiger partial charge in [-0.2, -0.15) is 0 Å². The van der Waals surface area contributed by atoms with E-state index in [2.05, 4.69) is 15.9 Å². The number of hydrogen-bond acceptors (Lipinski definition) is 1. The highest BCUT2D eigenvalue weighted by Crippen LogP contribution is 2.23. The maximum absolute atomic E-state index is 11.0. The van der Waals surface area contributed by atoms with E-state index in [4.69, 9.17) is 23.2 Å². The average molecular weight is 282 g/mol. The number of benzene rings is 1. The zero-order valence-corrected chi connectivity index (χ0v) is 9.79. The van der Waals surface area contributed by atoms with Gasteiger partial charge in [0.25, 0.3) is 0 Å². The van der Waals surface area contributed by atoms with Gasteiger partial charge in [-0.15, -0.1) is 11.6 Å². The molecule has 0 bridgehead atoms. The van der Waals surface area contributed by atoms with Gasteiger partial charge in [0.15, 0.2) is 5.78 Å². The zero-order chi connectivity index (χ0) is 9.84. The molecule has 0 aliphatic carbocycles. The third-order valence-electron chi connectivity index (χ3n) is 1.53. The van der Waals surface area contributed by atoms with Gasteiger partial charge in [-0.1, -0.05) is 17.7 Å². The Balaban J connectivity index is 2.79. The molecule has 1 aromatic carbocycles. The van der Waals surface area contributed by atoms with E-state index in [1.54, 1.807) is 6.07 Å². The van der Waals surface area contributed by atoms with Crippen LogP contribution in [0, 0.1) is 0 Å². The van der Waals surface area contributed by atoms with E-state index in [9.17, 15) is 4.79 Å². The van der Waals surface area contributed by atoms with Crippen molar-refractivity contribution in [3.8, 4) is 0 Å². The first kappa shape index (κ1) is 11.0. The van der Waals surface area contributed by atoms with Crippen molar-refractivity contribution < 1.29 is 4.79 Å². The Morgan fingerprint density at radius 3 is 2.69 bits per heavy atom. The number of halogens is 3. The lowest BCUT2D eigenvalue weighted by atomic mass is 10.1. The predicted molar refractivity (Wildman–Crippen MR) is 58.6 cm³/mol. The van der Waals surface area contributed by atoms with Crippen molar-refractivity contribution in [3.05, 3.63) is 33.3 Å². The molecule has 0 unspecified atom stereocenters. The number of Topliss-reactive ketones (excluding diaryl/α,β-unsaturated/α-hetero) is 1. The number of carbonyl (C=O) groups excluding carboxylic acids is 1. The fourth-order valence-corrected chi connectivity index (χ4v) is 1.47. The minimum Gasteiger partial charge on any atom is -0.298 e. The molecule has 0 heterocycles. The van der Waals surface area contributed by atoms with Gasteiger partial charge in [0.05, 0.1) is 10.9 Å². The molecule has 0 radical (unpaired) electrons. The summed E-state index contributed by atoms with van der Waals surface area (Å²) >= 11 is 14.5. The number of alkyl halides is 1. The van der Waals surface area contributed by atoms with Gasteiger partial charge < -0.3 is 0 Å². The maximum atomic E-state index is 11.0. The van der Waals surface area contributed by atoms with E-state index in [-0.39, 0.29) is 11.7 Å². The van der Waals surface area contributed by atoms with Crippen LogP contribution in [0.4, 0.5) is 0 Å². The predicted octanol–water partition coefficient (Wildman–Crippen LogP) is 3.45. The van der Waals surface area contributed by atoms with Gasteiger partial charge >= 0.3 is 0 Å². The van der Waals surface area contributed by atoms with Crippen molar-refractivity contribution in [1.29, 1.82) is 0 Å². The third-order valence-corrected chi connectivity index (χ3v) is 3.06. The van der Waals surface area contributed by atoms with Crippen LogP contribution in [0.3, 0.4) is 0 Å². The Hall–Kier alpha value is -0.0500. The van der Waals surface area contributed by atoms with Gasteiger partial charge in [-0.3, -0.25) is 4.79 Å². The quantitative estimate of drug-likeness (QED) is 0.776. The molecule has 1 aromatic rings. The molecule has 0 N–H and O–H groups in total. The highest BCUT2D eigenvalue weighted by Gasteiger charge is 2.03. The summed E-state index contributed by atoms with van der Waals surface area (Å²) in [6, 6.07) is 5.43. The van der Waals surface area contributed by atoms with Crippen LogP contribution >= 0.6 is 39.1 Å². The van der Waals surface area contributed by atoms with Crippen LogP contribution in [0.1, 0.15) is 5.56 Å². The van der Waals surface area contributed by atoms with Crippen molar-refractivity contribution in [1.82, 2.24) is 0 Å². The summed E-state index contributed by atoms with van der Waals surface area (Å²) in [5, 5.41) is 0.611. The Morgan fingerprint density at radius 1 is 1.46 bits per heavy atom. The number of ketones is 1. The lowest BCUT2D eigenvalue weighted by molar-refractivity contribution is -0.116. The van der Waals surface area contributed by atoms with Crippen molar-refractivity contribution in [2.75, 3.05) is 5.88 Å². The SMILES string of the molecule is O=C(CCl)Cc1ccc(Br)c(Cl)c1. The Morgan fingerprint density at radius 2 is 2.15 bits per heavy atom. The minimum atomic E-state index is 0.0000517. The van der Waals surface area contributed by atoms with Gasteiger partial charge in [0.1, 0.15) is 0 Å². The summed E-state index contributed by atoms with van der Waals surface area (Å²) in [7, 11) is 0. The zero-order valence-electron chi connectivity index (χ0n) is 6.69. The summed E-state index contributed by atoms with van der Waals surface area (Å²) in [6.45, 7) is 0. The van der Waals surface area contributed by atoms with Gasteiger partial charge in [0.2, 0.25) is 0 Å². The van der Waals surface area contributed by atoms with Crippen LogP contribution < -0.4 is 0 Å². The molecular weight excluding hydrogens is 275 g/mol. The Labute approximate surface area is 95.2 Å². The number of hydrogen-bond donors (Lipinski definition) is 0. The normalized spacial score (nSPS) is 10.1. The second-order valence-corrected chi connectivity index (χ2v) is 4.13. The smallest absolute Gasteiger partial charge is 0.151 e. The second kappa shape index (κ2) is 4.99. The van der Waals surface area contributed by atoms with Crippen LogP contribution in [0.15, 0.2) is 22.7 Å². The summed E-state index contributed by atoms with van der Waals surface area (Å²) < 4.78 is 0.830. The molecule has 0 amide bonds. The first-order valence-electron chi connectivity index (χ1n) is 3.65. The lowest BCUT2D eigenvalue weighted by Crippen LogP contribution is -2.03. The molecule has 0 aromatic heterocycles. The van der Waals surface area contributed by atoms with Crippen molar-refractivity contribution in [2.24, 2.45) is 0 Å². The fourth-order valence-electron chi connectivity index (χ4n) is 0.925. The maximum Gasteiger partial charge on any atom is 0.151 e. The highest BCUT2D eigenvalue weighted by molar-refractivity contribution is 9.10. The van der Waals surface area contributed by atoms with E-state index in [0.717, 1.165) is 10.0 Å². The Kier molecular flexibility index (Phi) is 4.23. The van der Waals surface area contributed by atoms with Crippen LogP contribution in [0.2, 0.25) is 5.02 Å². The van der Waals surface area contributed by atoms with E-state index < -0.39 is 0 Å². The third kappa shape index (κ3) is 3.29. The van der Waals surface area contributed by atoms with E-state index >= 15 is 0 Å². The largest absolute Gasteiger partial charge is 0.298 e. The molecule has 13 heavy (non-hydrogen) atoms. The van der Waals surface area contributed by atoms with E-state index in [1.807, 2.05) is 12.1 Å². The monoisotopic (exact) mass is 280 g/mol. The van der Waals surface area contributed by atoms with Crippen molar-refractivity contribution in [3.63, 3.8) is 0 Å². The molecule has 0 fully saturated rings. The van der Waals surface area contributed by atoms with E-state index in [0.29, 0.717) is 11.4 Å². The van der Waals surface area contributed by atoms with Gasteiger partial charge in [-0.05, 0) is 33.6 Å². The molecule has 0 atom stereocenters. The lowest BCUT2D eigenvalue weighted by Gasteiger charge is -2.00. The number of rotatable bonds is 3.